The van der Waals surface area contributed by atoms with Crippen molar-refractivity contribution in [1.29, 1.82) is 0 Å². The van der Waals surface area contributed by atoms with Gasteiger partial charge in [0.05, 0.1) is 18.3 Å². The minimum atomic E-state index is -0.0373. The molecule has 2 N–H and O–H groups in total. The van der Waals surface area contributed by atoms with Crippen molar-refractivity contribution in [1.82, 2.24) is 5.32 Å². The predicted octanol–water partition coefficient (Wildman–Crippen LogP) is 3.12. The van der Waals surface area contributed by atoms with Gasteiger partial charge in [0, 0.05) is 18.8 Å². The highest BCUT2D eigenvalue weighted by atomic mass is 16.5. The van der Waals surface area contributed by atoms with E-state index in [-0.39, 0.29) is 5.91 Å². The molecule has 1 aromatic rings. The SMILES string of the molecule is CCNc1ccc(C)cc1C(=O)NCCOC1CCCC1. The number of aryl methyl sites for hydroxylation is 1. The number of benzene rings is 1. The van der Waals surface area contributed by atoms with Crippen molar-refractivity contribution in [3.63, 3.8) is 0 Å². The number of carbonyl (C=O) groups is 1. The van der Waals surface area contributed by atoms with Gasteiger partial charge in [0.25, 0.3) is 5.91 Å². The average molecular weight is 290 g/mol. The van der Waals surface area contributed by atoms with Crippen LogP contribution in [0.3, 0.4) is 0 Å². The van der Waals surface area contributed by atoms with Gasteiger partial charge >= 0.3 is 0 Å². The zero-order valence-electron chi connectivity index (χ0n) is 13.1. The molecule has 1 fully saturated rings. The quantitative estimate of drug-likeness (QED) is 0.759. The van der Waals surface area contributed by atoms with E-state index in [0.29, 0.717) is 24.8 Å². The van der Waals surface area contributed by atoms with Crippen LogP contribution in [0.1, 0.15) is 48.5 Å². The van der Waals surface area contributed by atoms with E-state index < -0.39 is 0 Å². The zero-order chi connectivity index (χ0) is 15.1. The van der Waals surface area contributed by atoms with E-state index in [0.717, 1.165) is 30.6 Å². The first-order valence-electron chi connectivity index (χ1n) is 7.95. The van der Waals surface area contributed by atoms with Crippen molar-refractivity contribution in [3.8, 4) is 0 Å². The van der Waals surface area contributed by atoms with Crippen molar-refractivity contribution in [2.45, 2.75) is 45.6 Å². The van der Waals surface area contributed by atoms with Crippen LogP contribution in [-0.4, -0.2) is 31.7 Å². The Labute approximate surface area is 127 Å². The minimum absolute atomic E-state index is 0.0373. The summed E-state index contributed by atoms with van der Waals surface area (Å²) in [6.07, 6.45) is 5.27. The van der Waals surface area contributed by atoms with E-state index in [2.05, 4.69) is 10.6 Å². The van der Waals surface area contributed by atoms with E-state index in [1.165, 1.54) is 12.8 Å². The fourth-order valence-corrected chi connectivity index (χ4v) is 2.73. The zero-order valence-corrected chi connectivity index (χ0v) is 13.1. The van der Waals surface area contributed by atoms with E-state index in [1.54, 1.807) is 0 Å². The number of hydrogen-bond acceptors (Lipinski definition) is 3. The summed E-state index contributed by atoms with van der Waals surface area (Å²) in [5.41, 5.74) is 2.68. The standard InChI is InChI=1S/C17H26N2O2/c1-3-18-16-9-8-13(2)12-15(16)17(20)19-10-11-21-14-6-4-5-7-14/h8-9,12,14,18H,3-7,10-11H2,1-2H3,(H,19,20). The minimum Gasteiger partial charge on any atom is -0.385 e. The molecule has 0 radical (unpaired) electrons. The fourth-order valence-electron chi connectivity index (χ4n) is 2.73. The lowest BCUT2D eigenvalue weighted by atomic mass is 10.1. The molecule has 0 saturated heterocycles. The topological polar surface area (TPSA) is 50.4 Å². The number of nitrogens with one attached hydrogen (secondary N) is 2. The molecule has 0 unspecified atom stereocenters. The number of anilines is 1. The molecule has 1 amide bonds. The van der Waals surface area contributed by atoms with Gasteiger partial charge in [-0.2, -0.15) is 0 Å². The Balaban J connectivity index is 1.82. The summed E-state index contributed by atoms with van der Waals surface area (Å²) >= 11 is 0. The number of amides is 1. The molecule has 0 atom stereocenters. The third kappa shape index (κ3) is 4.74. The summed E-state index contributed by atoms with van der Waals surface area (Å²) in [5, 5.41) is 6.17. The summed E-state index contributed by atoms with van der Waals surface area (Å²) in [5.74, 6) is -0.0373. The van der Waals surface area contributed by atoms with Crippen molar-refractivity contribution >= 4 is 11.6 Å². The highest BCUT2D eigenvalue weighted by Crippen LogP contribution is 2.20. The number of rotatable bonds is 7. The van der Waals surface area contributed by atoms with Crippen LogP contribution in [0.5, 0.6) is 0 Å². The monoisotopic (exact) mass is 290 g/mol. The second kappa shape index (κ2) is 8.03. The average Bonchev–Trinajstić information content (AvgIpc) is 2.99. The Morgan fingerprint density at radius 1 is 1.33 bits per heavy atom. The van der Waals surface area contributed by atoms with Gasteiger partial charge in [-0.3, -0.25) is 4.79 Å². The van der Waals surface area contributed by atoms with Crippen LogP contribution in [0, 0.1) is 6.92 Å². The van der Waals surface area contributed by atoms with Crippen LogP contribution in [0.15, 0.2) is 18.2 Å². The molecule has 0 heterocycles. The lowest BCUT2D eigenvalue weighted by molar-refractivity contribution is 0.0582. The maximum Gasteiger partial charge on any atom is 0.253 e. The third-order valence-electron chi connectivity index (χ3n) is 3.83. The molecule has 2 rings (SSSR count). The molecular formula is C17H26N2O2. The van der Waals surface area contributed by atoms with Gasteiger partial charge in [0.15, 0.2) is 0 Å². The van der Waals surface area contributed by atoms with Crippen LogP contribution < -0.4 is 10.6 Å². The molecule has 4 heteroatoms. The van der Waals surface area contributed by atoms with Gasteiger partial charge in [-0.15, -0.1) is 0 Å². The fraction of sp³-hybridized carbons (Fsp3) is 0.588. The molecule has 1 aromatic carbocycles. The van der Waals surface area contributed by atoms with Crippen LogP contribution in [0.4, 0.5) is 5.69 Å². The summed E-state index contributed by atoms with van der Waals surface area (Å²) in [6, 6.07) is 5.89. The highest BCUT2D eigenvalue weighted by molar-refractivity contribution is 5.99. The maximum atomic E-state index is 12.3. The Kier molecular flexibility index (Phi) is 6.05. The summed E-state index contributed by atoms with van der Waals surface area (Å²) in [7, 11) is 0. The molecule has 116 valence electrons. The lowest BCUT2D eigenvalue weighted by Crippen LogP contribution is -2.29. The smallest absolute Gasteiger partial charge is 0.253 e. The lowest BCUT2D eigenvalue weighted by Gasteiger charge is -2.14. The Bertz CT molecular complexity index is 468. The van der Waals surface area contributed by atoms with Crippen molar-refractivity contribution in [3.05, 3.63) is 29.3 Å². The molecule has 0 aliphatic heterocycles. The van der Waals surface area contributed by atoms with Crippen LogP contribution >= 0.6 is 0 Å². The molecule has 0 aromatic heterocycles. The molecule has 1 saturated carbocycles. The van der Waals surface area contributed by atoms with Gasteiger partial charge in [-0.25, -0.2) is 0 Å². The number of ether oxygens (including phenoxy) is 1. The second-order valence-corrected chi connectivity index (χ2v) is 5.61. The largest absolute Gasteiger partial charge is 0.385 e. The third-order valence-corrected chi connectivity index (χ3v) is 3.83. The Morgan fingerprint density at radius 2 is 2.10 bits per heavy atom. The van der Waals surface area contributed by atoms with Gasteiger partial charge < -0.3 is 15.4 Å². The van der Waals surface area contributed by atoms with Crippen LogP contribution in [0.2, 0.25) is 0 Å². The van der Waals surface area contributed by atoms with Crippen LogP contribution in [-0.2, 0) is 4.74 Å². The summed E-state index contributed by atoms with van der Waals surface area (Å²) in [6.45, 7) is 5.98. The van der Waals surface area contributed by atoms with Crippen molar-refractivity contribution < 1.29 is 9.53 Å². The molecular weight excluding hydrogens is 264 g/mol. The van der Waals surface area contributed by atoms with Crippen LogP contribution in [0.25, 0.3) is 0 Å². The molecule has 4 nitrogen and oxygen atoms in total. The normalized spacial score (nSPS) is 15.1. The predicted molar refractivity (Wildman–Crippen MR) is 85.9 cm³/mol. The molecule has 1 aliphatic carbocycles. The van der Waals surface area contributed by atoms with Gasteiger partial charge in [-0.05, 0) is 38.8 Å². The summed E-state index contributed by atoms with van der Waals surface area (Å²) < 4.78 is 5.76. The van der Waals surface area contributed by atoms with E-state index in [9.17, 15) is 4.79 Å². The number of hydrogen-bond donors (Lipinski definition) is 2. The van der Waals surface area contributed by atoms with Gasteiger partial charge in [0.2, 0.25) is 0 Å². The van der Waals surface area contributed by atoms with Gasteiger partial charge in [-0.1, -0.05) is 24.5 Å². The van der Waals surface area contributed by atoms with E-state index >= 15 is 0 Å². The highest BCUT2D eigenvalue weighted by Gasteiger charge is 2.15. The first-order valence-corrected chi connectivity index (χ1v) is 7.95. The molecule has 21 heavy (non-hydrogen) atoms. The molecule has 0 bridgehead atoms. The maximum absolute atomic E-state index is 12.3. The molecule has 1 aliphatic rings. The van der Waals surface area contributed by atoms with Crippen molar-refractivity contribution in [2.24, 2.45) is 0 Å². The van der Waals surface area contributed by atoms with Gasteiger partial charge in [0.1, 0.15) is 0 Å². The first kappa shape index (κ1) is 15.8. The number of carbonyl (C=O) groups excluding carboxylic acids is 1. The Hall–Kier alpha value is -1.55. The Morgan fingerprint density at radius 3 is 2.81 bits per heavy atom. The van der Waals surface area contributed by atoms with Crippen molar-refractivity contribution in [2.75, 3.05) is 25.0 Å². The first-order chi connectivity index (χ1) is 10.2. The summed E-state index contributed by atoms with van der Waals surface area (Å²) in [4.78, 5) is 12.3. The van der Waals surface area contributed by atoms with E-state index in [1.807, 2.05) is 32.0 Å². The molecule has 0 spiro atoms. The second-order valence-electron chi connectivity index (χ2n) is 5.61. The van der Waals surface area contributed by atoms with E-state index in [4.69, 9.17) is 4.74 Å².